The van der Waals surface area contributed by atoms with Gasteiger partial charge in [0.1, 0.15) is 0 Å². The molecule has 0 unspecified atom stereocenters. The van der Waals surface area contributed by atoms with Gasteiger partial charge in [-0.2, -0.15) is 15.0 Å². The number of anilines is 2. The largest absolute Gasteiger partial charge is 0.368 e. The first kappa shape index (κ1) is 15.5. The summed E-state index contributed by atoms with van der Waals surface area (Å²) in [5, 5.41) is 0. The summed E-state index contributed by atoms with van der Waals surface area (Å²) in [5.74, 6) is 0.475. The Hall–Kier alpha value is -0.520. The molecule has 0 fully saturated rings. The van der Waals surface area contributed by atoms with Gasteiger partial charge in [-0.15, -0.1) is 0 Å². The van der Waals surface area contributed by atoms with Crippen molar-refractivity contribution in [3.05, 3.63) is 5.82 Å². The molecule has 0 radical (unpaired) electrons. The lowest BCUT2D eigenvalue weighted by Crippen LogP contribution is -2.39. The average Bonchev–Trinajstić information content (AvgIpc) is 2.13. The predicted molar refractivity (Wildman–Crippen MR) is 76.2 cm³/mol. The zero-order valence-electron chi connectivity index (χ0n) is 10.7. The van der Waals surface area contributed by atoms with Crippen molar-refractivity contribution < 1.29 is 0 Å². The van der Waals surface area contributed by atoms with Gasteiger partial charge < -0.3 is 10.6 Å². The van der Waals surface area contributed by atoms with E-state index in [1.54, 1.807) is 0 Å². The second kappa shape index (κ2) is 5.63. The molecule has 8 heteroatoms. The molecule has 0 bridgehead atoms. The van der Waals surface area contributed by atoms with Crippen LogP contribution in [-0.4, -0.2) is 27.0 Å². The maximum atomic E-state index is 5.77. The molecule has 0 aliphatic rings. The number of alkyl halides is 3. The van der Waals surface area contributed by atoms with Crippen LogP contribution in [0.1, 0.15) is 33.5 Å². The Balaban J connectivity index is 3.28. The zero-order valence-corrected chi connectivity index (χ0v) is 12.9. The first-order valence-electron chi connectivity index (χ1n) is 5.50. The molecule has 0 aliphatic carbocycles. The lowest BCUT2D eigenvalue weighted by Gasteiger charge is -2.31. The van der Waals surface area contributed by atoms with E-state index in [0.29, 0.717) is 5.95 Å². The van der Waals surface area contributed by atoms with Gasteiger partial charge in [0.05, 0.1) is 0 Å². The number of hydrogen-bond donors (Lipinski definition) is 1. The number of aromatic nitrogens is 3. The van der Waals surface area contributed by atoms with E-state index in [1.807, 2.05) is 32.6 Å². The van der Waals surface area contributed by atoms with Gasteiger partial charge in [-0.05, 0) is 27.7 Å². The SMILES string of the molecule is CC(C)N(c1nc(N)nc(C(Cl)(Cl)Cl)n1)C(C)C. The third-order valence-electron chi connectivity index (χ3n) is 2.24. The summed E-state index contributed by atoms with van der Waals surface area (Å²) in [5.41, 5.74) is 5.63. The second-order valence-corrected chi connectivity index (χ2v) is 6.69. The van der Waals surface area contributed by atoms with Crippen molar-refractivity contribution in [3.8, 4) is 0 Å². The number of hydrogen-bond acceptors (Lipinski definition) is 5. The molecular weight excluding hydrogens is 297 g/mol. The van der Waals surface area contributed by atoms with Crippen LogP contribution in [0.25, 0.3) is 0 Å². The van der Waals surface area contributed by atoms with Gasteiger partial charge in [-0.3, -0.25) is 0 Å². The normalized spacial score (nSPS) is 12.3. The van der Waals surface area contributed by atoms with Gasteiger partial charge in [-0.1, -0.05) is 34.8 Å². The second-order valence-electron chi connectivity index (χ2n) is 4.41. The molecule has 0 spiro atoms. The fourth-order valence-electron chi connectivity index (χ4n) is 1.68. The lowest BCUT2D eigenvalue weighted by molar-refractivity contribution is 0.588. The molecule has 1 aromatic heterocycles. The Morgan fingerprint density at radius 1 is 1.00 bits per heavy atom. The van der Waals surface area contributed by atoms with E-state index in [1.165, 1.54) is 0 Å². The van der Waals surface area contributed by atoms with Gasteiger partial charge in [-0.25, -0.2) is 0 Å². The van der Waals surface area contributed by atoms with E-state index < -0.39 is 3.79 Å². The third kappa shape index (κ3) is 3.73. The van der Waals surface area contributed by atoms with E-state index >= 15 is 0 Å². The minimum Gasteiger partial charge on any atom is -0.368 e. The summed E-state index contributed by atoms with van der Waals surface area (Å²) in [4.78, 5) is 14.1. The van der Waals surface area contributed by atoms with Crippen LogP contribution in [0.4, 0.5) is 11.9 Å². The molecule has 2 N–H and O–H groups in total. The van der Waals surface area contributed by atoms with Crippen molar-refractivity contribution in [3.63, 3.8) is 0 Å². The fraction of sp³-hybridized carbons (Fsp3) is 0.700. The zero-order chi connectivity index (χ0) is 14.1. The summed E-state index contributed by atoms with van der Waals surface area (Å²) < 4.78 is -1.72. The Bertz CT molecular complexity index is 408. The Kier molecular flexibility index (Phi) is 4.86. The maximum Gasteiger partial charge on any atom is 0.250 e. The third-order valence-corrected chi connectivity index (χ3v) is 2.75. The van der Waals surface area contributed by atoms with E-state index in [-0.39, 0.29) is 23.9 Å². The van der Waals surface area contributed by atoms with Crippen LogP contribution in [0.3, 0.4) is 0 Å². The van der Waals surface area contributed by atoms with Crippen LogP contribution in [0, 0.1) is 0 Å². The number of rotatable bonds is 3. The Labute approximate surface area is 122 Å². The van der Waals surface area contributed by atoms with Crippen molar-refractivity contribution in [1.82, 2.24) is 15.0 Å². The standard InChI is InChI=1S/C10H16Cl3N5/c1-5(2)18(6(3)4)9-16-7(10(11,12)13)15-8(14)17-9/h5-6H,1-4H3,(H2,14,15,16,17). The van der Waals surface area contributed by atoms with Gasteiger partial charge in [0.15, 0.2) is 5.82 Å². The highest BCUT2D eigenvalue weighted by molar-refractivity contribution is 6.66. The molecule has 0 saturated heterocycles. The van der Waals surface area contributed by atoms with Crippen molar-refractivity contribution in [2.45, 2.75) is 43.6 Å². The molecule has 0 aliphatic heterocycles. The molecule has 5 nitrogen and oxygen atoms in total. The van der Waals surface area contributed by atoms with Crippen LogP contribution in [0.2, 0.25) is 0 Å². The summed E-state index contributed by atoms with van der Waals surface area (Å²) in [6.45, 7) is 8.09. The molecule has 1 rings (SSSR count). The van der Waals surface area contributed by atoms with Crippen molar-refractivity contribution in [2.24, 2.45) is 0 Å². The highest BCUT2D eigenvalue weighted by Gasteiger charge is 2.29. The lowest BCUT2D eigenvalue weighted by atomic mass is 10.2. The quantitative estimate of drug-likeness (QED) is 0.869. The number of halogens is 3. The molecule has 0 aromatic carbocycles. The van der Waals surface area contributed by atoms with Crippen LogP contribution in [-0.2, 0) is 3.79 Å². The number of nitrogen functional groups attached to an aromatic ring is 1. The van der Waals surface area contributed by atoms with Crippen LogP contribution in [0.15, 0.2) is 0 Å². The first-order valence-corrected chi connectivity index (χ1v) is 6.63. The van der Waals surface area contributed by atoms with Crippen molar-refractivity contribution in [2.75, 3.05) is 10.6 Å². The fourth-order valence-corrected chi connectivity index (χ4v) is 1.93. The minimum atomic E-state index is -1.72. The highest BCUT2D eigenvalue weighted by atomic mass is 35.6. The molecular formula is C10H16Cl3N5. The molecule has 0 amide bonds. The highest BCUT2D eigenvalue weighted by Crippen LogP contribution is 2.36. The molecule has 0 saturated carbocycles. The van der Waals surface area contributed by atoms with Crippen LogP contribution >= 0.6 is 34.8 Å². The maximum absolute atomic E-state index is 5.77. The Morgan fingerprint density at radius 2 is 1.50 bits per heavy atom. The van der Waals surface area contributed by atoms with E-state index in [4.69, 9.17) is 40.5 Å². The van der Waals surface area contributed by atoms with E-state index in [2.05, 4.69) is 15.0 Å². The molecule has 18 heavy (non-hydrogen) atoms. The number of nitrogens with two attached hydrogens (primary N) is 1. The first-order chi connectivity index (χ1) is 8.12. The van der Waals surface area contributed by atoms with E-state index in [0.717, 1.165) is 0 Å². The Morgan fingerprint density at radius 3 is 1.89 bits per heavy atom. The summed E-state index contributed by atoms with van der Waals surface area (Å²) in [6, 6.07) is 0.380. The van der Waals surface area contributed by atoms with Gasteiger partial charge >= 0.3 is 0 Å². The minimum absolute atomic E-state index is 0.0290. The van der Waals surface area contributed by atoms with Crippen LogP contribution in [0.5, 0.6) is 0 Å². The summed E-state index contributed by atoms with van der Waals surface area (Å²) in [6.07, 6.45) is 0. The average molecular weight is 313 g/mol. The summed E-state index contributed by atoms with van der Waals surface area (Å²) >= 11 is 17.3. The number of nitrogens with zero attached hydrogens (tertiary/aromatic N) is 4. The van der Waals surface area contributed by atoms with Crippen molar-refractivity contribution in [1.29, 1.82) is 0 Å². The summed E-state index contributed by atoms with van der Waals surface area (Å²) in [7, 11) is 0. The van der Waals surface area contributed by atoms with E-state index in [9.17, 15) is 0 Å². The molecule has 102 valence electrons. The van der Waals surface area contributed by atoms with Gasteiger partial charge in [0.2, 0.25) is 15.7 Å². The molecule has 1 aromatic rings. The molecule has 1 heterocycles. The topological polar surface area (TPSA) is 67.9 Å². The van der Waals surface area contributed by atoms with Crippen molar-refractivity contribution >= 4 is 46.7 Å². The van der Waals surface area contributed by atoms with Crippen LogP contribution < -0.4 is 10.6 Å². The van der Waals surface area contributed by atoms with Gasteiger partial charge in [0, 0.05) is 12.1 Å². The smallest absolute Gasteiger partial charge is 0.250 e. The molecule has 0 atom stereocenters. The predicted octanol–water partition coefficient (Wildman–Crippen LogP) is 2.90. The monoisotopic (exact) mass is 311 g/mol. The van der Waals surface area contributed by atoms with Gasteiger partial charge in [0.25, 0.3) is 0 Å².